The fraction of sp³-hybridized carbons (Fsp3) is 0.368. The van der Waals surface area contributed by atoms with E-state index in [1.165, 1.54) is 25.7 Å². The van der Waals surface area contributed by atoms with Gasteiger partial charge in [-0.25, -0.2) is 15.9 Å². The van der Waals surface area contributed by atoms with Crippen LogP contribution in [0.5, 0.6) is 0 Å². The van der Waals surface area contributed by atoms with Crippen molar-refractivity contribution in [3.05, 3.63) is 59.8 Å². The molecule has 0 amide bonds. The Labute approximate surface area is 146 Å². The van der Waals surface area contributed by atoms with Gasteiger partial charge in [0.1, 0.15) is 6.04 Å². The fourth-order valence-corrected chi connectivity index (χ4v) is 3.90. The standard InChI is InChI=1S/C19H18N6/c1-20-12-18(14-6-3-4-7-14)25-13-15(10-22-25)19-16(21-2)11-23-24-9-5-8-17(19)24/h5,8-11,13-14,18H,3-4,6-7,12H2. The molecular weight excluding hydrogens is 312 g/mol. The minimum Gasteiger partial charge on any atom is -0.315 e. The fourth-order valence-electron chi connectivity index (χ4n) is 3.90. The van der Waals surface area contributed by atoms with Crippen molar-refractivity contribution in [2.75, 3.05) is 6.54 Å². The van der Waals surface area contributed by atoms with Crippen LogP contribution in [0, 0.1) is 19.1 Å². The maximum atomic E-state index is 7.46. The number of nitrogens with zero attached hydrogens (tertiary/aromatic N) is 6. The largest absolute Gasteiger partial charge is 0.315 e. The van der Waals surface area contributed by atoms with Gasteiger partial charge in [-0.3, -0.25) is 4.68 Å². The molecule has 0 saturated heterocycles. The summed E-state index contributed by atoms with van der Waals surface area (Å²) in [6, 6.07) is 4.00. The van der Waals surface area contributed by atoms with Gasteiger partial charge >= 0.3 is 0 Å². The van der Waals surface area contributed by atoms with Crippen LogP contribution in [0.4, 0.5) is 5.69 Å². The molecular formula is C19H18N6. The highest BCUT2D eigenvalue weighted by Crippen LogP contribution is 2.37. The third kappa shape index (κ3) is 2.66. The lowest BCUT2D eigenvalue weighted by Gasteiger charge is -2.18. The minimum atomic E-state index is 0.120. The molecule has 1 saturated carbocycles. The highest BCUT2D eigenvalue weighted by Gasteiger charge is 2.29. The molecule has 1 unspecified atom stereocenters. The second kappa shape index (κ2) is 6.41. The van der Waals surface area contributed by atoms with Crippen molar-refractivity contribution >= 4 is 11.2 Å². The molecule has 124 valence electrons. The van der Waals surface area contributed by atoms with Gasteiger partial charge in [0.2, 0.25) is 12.2 Å². The summed E-state index contributed by atoms with van der Waals surface area (Å²) in [4.78, 5) is 7.27. The zero-order chi connectivity index (χ0) is 17.2. The van der Waals surface area contributed by atoms with Crippen molar-refractivity contribution in [1.29, 1.82) is 0 Å². The Morgan fingerprint density at radius 3 is 2.80 bits per heavy atom. The second-order valence-electron chi connectivity index (χ2n) is 6.52. The van der Waals surface area contributed by atoms with Crippen LogP contribution >= 0.6 is 0 Å². The Morgan fingerprint density at radius 2 is 2.04 bits per heavy atom. The third-order valence-electron chi connectivity index (χ3n) is 5.12. The van der Waals surface area contributed by atoms with Gasteiger partial charge in [-0.15, -0.1) is 0 Å². The van der Waals surface area contributed by atoms with E-state index in [9.17, 15) is 0 Å². The van der Waals surface area contributed by atoms with E-state index in [0.717, 1.165) is 16.6 Å². The lowest BCUT2D eigenvalue weighted by molar-refractivity contribution is 0.329. The van der Waals surface area contributed by atoms with E-state index in [2.05, 4.69) is 19.9 Å². The number of hydrogen-bond acceptors (Lipinski definition) is 2. The van der Waals surface area contributed by atoms with Crippen molar-refractivity contribution in [3.63, 3.8) is 0 Å². The molecule has 6 nitrogen and oxygen atoms in total. The Balaban J connectivity index is 1.78. The first kappa shape index (κ1) is 15.4. The maximum absolute atomic E-state index is 7.46. The molecule has 1 fully saturated rings. The molecule has 3 aromatic rings. The average Bonchev–Trinajstić information content (AvgIpc) is 3.39. The number of fused-ring (bicyclic) bond motifs is 1. The molecule has 0 bridgehead atoms. The zero-order valence-corrected chi connectivity index (χ0v) is 13.8. The maximum Gasteiger partial charge on any atom is 0.237 e. The van der Waals surface area contributed by atoms with Gasteiger partial charge in [0.25, 0.3) is 0 Å². The van der Waals surface area contributed by atoms with E-state index < -0.39 is 0 Å². The summed E-state index contributed by atoms with van der Waals surface area (Å²) in [5, 5.41) is 8.83. The first-order valence-corrected chi connectivity index (χ1v) is 8.53. The lowest BCUT2D eigenvalue weighted by atomic mass is 9.98. The molecule has 3 heterocycles. The molecule has 4 rings (SSSR count). The average molecular weight is 330 g/mol. The predicted molar refractivity (Wildman–Crippen MR) is 95.1 cm³/mol. The van der Waals surface area contributed by atoms with Crippen LogP contribution in [-0.4, -0.2) is 25.9 Å². The van der Waals surface area contributed by atoms with Crippen LogP contribution in [0.2, 0.25) is 0 Å². The summed E-state index contributed by atoms with van der Waals surface area (Å²) < 4.78 is 3.71. The Hall–Kier alpha value is -3.12. The van der Waals surface area contributed by atoms with Crippen molar-refractivity contribution in [2.45, 2.75) is 31.7 Å². The van der Waals surface area contributed by atoms with E-state index in [0.29, 0.717) is 18.2 Å². The summed E-state index contributed by atoms with van der Waals surface area (Å²) in [6.07, 6.45) is 12.1. The molecule has 25 heavy (non-hydrogen) atoms. The molecule has 1 atom stereocenters. The SMILES string of the molecule is [C-]#[N+]CC(C1CCCC1)n1cc(-c2c([N+]#[C-])cnn3cccc23)cn1. The lowest BCUT2D eigenvalue weighted by Crippen LogP contribution is -2.20. The van der Waals surface area contributed by atoms with Gasteiger partial charge in [-0.1, -0.05) is 12.8 Å². The quantitative estimate of drug-likeness (QED) is 0.666. The third-order valence-corrected chi connectivity index (χ3v) is 5.12. The molecule has 3 aromatic heterocycles. The Bertz CT molecular complexity index is 977. The van der Waals surface area contributed by atoms with Gasteiger partial charge in [0.15, 0.2) is 0 Å². The van der Waals surface area contributed by atoms with E-state index in [-0.39, 0.29) is 6.04 Å². The summed E-state index contributed by atoms with van der Waals surface area (Å²) in [6.45, 7) is 15.2. The molecule has 0 aliphatic heterocycles. The van der Waals surface area contributed by atoms with Crippen LogP contribution in [0.25, 0.3) is 26.3 Å². The van der Waals surface area contributed by atoms with E-state index in [4.69, 9.17) is 13.1 Å². The second-order valence-corrected chi connectivity index (χ2v) is 6.52. The number of rotatable bonds is 4. The summed E-state index contributed by atoms with van der Waals surface area (Å²) >= 11 is 0. The van der Waals surface area contributed by atoms with Crippen molar-refractivity contribution in [3.8, 4) is 11.1 Å². The van der Waals surface area contributed by atoms with Crippen molar-refractivity contribution < 1.29 is 0 Å². The first-order chi connectivity index (χ1) is 12.3. The first-order valence-electron chi connectivity index (χ1n) is 8.53. The van der Waals surface area contributed by atoms with Crippen LogP contribution in [0.3, 0.4) is 0 Å². The minimum absolute atomic E-state index is 0.120. The zero-order valence-electron chi connectivity index (χ0n) is 13.8. The van der Waals surface area contributed by atoms with Crippen LogP contribution in [0.15, 0.2) is 36.9 Å². The molecule has 1 aliphatic carbocycles. The van der Waals surface area contributed by atoms with Gasteiger partial charge < -0.3 is 4.85 Å². The highest BCUT2D eigenvalue weighted by molar-refractivity contribution is 5.89. The summed E-state index contributed by atoms with van der Waals surface area (Å²) in [5.41, 5.74) is 3.18. The van der Waals surface area contributed by atoms with Gasteiger partial charge in [0, 0.05) is 23.5 Å². The molecule has 0 aromatic carbocycles. The monoisotopic (exact) mass is 330 g/mol. The van der Waals surface area contributed by atoms with E-state index >= 15 is 0 Å². The van der Waals surface area contributed by atoms with Crippen molar-refractivity contribution in [2.24, 2.45) is 5.92 Å². The summed E-state index contributed by atoms with van der Waals surface area (Å²) in [7, 11) is 0. The van der Waals surface area contributed by atoms with Crippen LogP contribution in [-0.2, 0) is 0 Å². The molecule has 0 spiro atoms. The van der Waals surface area contributed by atoms with E-state index in [1.54, 1.807) is 10.7 Å². The van der Waals surface area contributed by atoms with Gasteiger partial charge in [0.05, 0.1) is 24.5 Å². The number of aromatic nitrogens is 4. The molecule has 0 N–H and O–H groups in total. The van der Waals surface area contributed by atoms with Gasteiger partial charge in [-0.05, 0) is 30.9 Å². The van der Waals surface area contributed by atoms with E-state index in [1.807, 2.05) is 35.4 Å². The van der Waals surface area contributed by atoms with Gasteiger partial charge in [-0.2, -0.15) is 10.2 Å². The molecule has 0 radical (unpaired) electrons. The highest BCUT2D eigenvalue weighted by atomic mass is 15.3. The normalized spacial score (nSPS) is 15.9. The topological polar surface area (TPSA) is 43.8 Å². The summed E-state index contributed by atoms with van der Waals surface area (Å²) in [5.74, 6) is 0.521. The molecule has 1 aliphatic rings. The smallest absolute Gasteiger partial charge is 0.237 e. The Kier molecular flexibility index (Phi) is 3.95. The van der Waals surface area contributed by atoms with Crippen LogP contribution < -0.4 is 0 Å². The number of hydrogen-bond donors (Lipinski definition) is 0. The van der Waals surface area contributed by atoms with Crippen molar-refractivity contribution in [1.82, 2.24) is 19.4 Å². The predicted octanol–water partition coefficient (Wildman–Crippen LogP) is 4.40. The Morgan fingerprint density at radius 1 is 1.20 bits per heavy atom. The van der Waals surface area contributed by atoms with Crippen LogP contribution in [0.1, 0.15) is 31.7 Å². The molecule has 6 heteroatoms.